The van der Waals surface area contributed by atoms with E-state index in [0.29, 0.717) is 32.0 Å². The van der Waals surface area contributed by atoms with Crippen molar-refractivity contribution in [3.8, 4) is 0 Å². The second-order valence-electron chi connectivity index (χ2n) is 5.82. The van der Waals surface area contributed by atoms with Crippen molar-refractivity contribution in [1.82, 2.24) is 20.5 Å². The van der Waals surface area contributed by atoms with Crippen molar-refractivity contribution in [2.45, 2.75) is 38.4 Å². The number of rotatable bonds is 6. The van der Waals surface area contributed by atoms with E-state index in [0.717, 1.165) is 23.5 Å². The molecule has 1 aliphatic heterocycles. The van der Waals surface area contributed by atoms with Gasteiger partial charge in [0, 0.05) is 44.5 Å². The zero-order chi connectivity index (χ0) is 17.6. The summed E-state index contributed by atoms with van der Waals surface area (Å²) in [6.07, 6.45) is -1.72. The minimum absolute atomic E-state index is 0. The van der Waals surface area contributed by atoms with E-state index in [1.165, 1.54) is 4.90 Å². The third-order valence-corrected chi connectivity index (χ3v) is 4.86. The largest absolute Gasteiger partial charge is 0.401 e. The fraction of sp³-hybridized carbons (Fsp3) is 0.733. The molecule has 2 heterocycles. The van der Waals surface area contributed by atoms with Crippen LogP contribution in [0.5, 0.6) is 0 Å². The Morgan fingerprint density at radius 1 is 1.48 bits per heavy atom. The van der Waals surface area contributed by atoms with Crippen LogP contribution in [0.2, 0.25) is 0 Å². The van der Waals surface area contributed by atoms with Gasteiger partial charge in [-0.2, -0.15) is 13.2 Å². The molecule has 25 heavy (non-hydrogen) atoms. The maximum atomic E-state index is 12.4. The molecular formula is C15H25F3IN5S. The Labute approximate surface area is 167 Å². The highest BCUT2D eigenvalue weighted by Crippen LogP contribution is 2.19. The van der Waals surface area contributed by atoms with Gasteiger partial charge in [-0.15, -0.1) is 35.3 Å². The average molecular weight is 491 g/mol. The van der Waals surface area contributed by atoms with Crippen molar-refractivity contribution in [1.29, 1.82) is 0 Å². The summed E-state index contributed by atoms with van der Waals surface area (Å²) in [6, 6.07) is -0.00971. The first-order valence-electron chi connectivity index (χ1n) is 8.09. The van der Waals surface area contributed by atoms with E-state index < -0.39 is 12.7 Å². The molecule has 2 N–H and O–H groups in total. The van der Waals surface area contributed by atoms with Crippen LogP contribution in [-0.2, 0) is 12.8 Å². The van der Waals surface area contributed by atoms with Crippen molar-refractivity contribution in [3.63, 3.8) is 0 Å². The summed E-state index contributed by atoms with van der Waals surface area (Å²) in [5.74, 6) is 0.625. The van der Waals surface area contributed by atoms with Gasteiger partial charge in [0.25, 0.3) is 0 Å². The zero-order valence-electron chi connectivity index (χ0n) is 14.4. The van der Waals surface area contributed by atoms with E-state index in [2.05, 4.69) is 32.9 Å². The zero-order valence-corrected chi connectivity index (χ0v) is 17.5. The SMILES string of the molecule is CCc1nc(CCNC(=NC)NC2CCN(CC(F)(F)F)C2)cs1.I. The van der Waals surface area contributed by atoms with E-state index in [1.54, 1.807) is 18.4 Å². The van der Waals surface area contributed by atoms with E-state index in [4.69, 9.17) is 0 Å². The van der Waals surface area contributed by atoms with Crippen molar-refractivity contribution >= 4 is 41.3 Å². The van der Waals surface area contributed by atoms with Gasteiger partial charge in [0.2, 0.25) is 0 Å². The van der Waals surface area contributed by atoms with Crippen LogP contribution < -0.4 is 10.6 Å². The highest BCUT2D eigenvalue weighted by molar-refractivity contribution is 14.0. The maximum absolute atomic E-state index is 12.4. The molecule has 1 aromatic rings. The second kappa shape index (κ2) is 10.5. The molecule has 0 bridgehead atoms. The topological polar surface area (TPSA) is 52.6 Å². The Morgan fingerprint density at radius 3 is 2.84 bits per heavy atom. The summed E-state index contributed by atoms with van der Waals surface area (Å²) in [5, 5.41) is 9.58. The summed E-state index contributed by atoms with van der Waals surface area (Å²) >= 11 is 1.66. The Kier molecular flexibility index (Phi) is 9.43. The van der Waals surface area contributed by atoms with Crippen LogP contribution in [0.15, 0.2) is 10.4 Å². The van der Waals surface area contributed by atoms with Gasteiger partial charge in [-0.3, -0.25) is 9.89 Å². The van der Waals surface area contributed by atoms with Crippen LogP contribution in [0.1, 0.15) is 24.0 Å². The van der Waals surface area contributed by atoms with E-state index >= 15 is 0 Å². The first-order valence-corrected chi connectivity index (χ1v) is 8.97. The monoisotopic (exact) mass is 491 g/mol. The molecule has 0 aliphatic carbocycles. The van der Waals surface area contributed by atoms with E-state index in [-0.39, 0.29) is 30.0 Å². The summed E-state index contributed by atoms with van der Waals surface area (Å²) < 4.78 is 37.2. The normalized spacial score (nSPS) is 18.9. The first kappa shape index (κ1) is 22.4. The Morgan fingerprint density at radius 2 is 2.24 bits per heavy atom. The fourth-order valence-electron chi connectivity index (χ4n) is 2.67. The lowest BCUT2D eigenvalue weighted by Gasteiger charge is -2.19. The molecule has 1 saturated heterocycles. The molecule has 2 rings (SSSR count). The van der Waals surface area contributed by atoms with Crippen LogP contribution in [0.25, 0.3) is 0 Å². The number of nitrogens with one attached hydrogen (secondary N) is 2. The number of guanidine groups is 1. The quantitative estimate of drug-likeness (QED) is 0.365. The minimum Gasteiger partial charge on any atom is -0.356 e. The highest BCUT2D eigenvalue weighted by atomic mass is 127. The molecule has 0 aromatic carbocycles. The molecule has 10 heteroatoms. The maximum Gasteiger partial charge on any atom is 0.401 e. The molecule has 1 fully saturated rings. The minimum atomic E-state index is -4.14. The Hall–Kier alpha value is -0.620. The van der Waals surface area contributed by atoms with Crippen LogP contribution in [-0.4, -0.2) is 61.3 Å². The smallest absolute Gasteiger partial charge is 0.356 e. The number of hydrogen-bond acceptors (Lipinski definition) is 4. The van der Waals surface area contributed by atoms with Gasteiger partial charge >= 0.3 is 6.18 Å². The molecule has 5 nitrogen and oxygen atoms in total. The number of halogens is 4. The third kappa shape index (κ3) is 8.07. The lowest BCUT2D eigenvalue weighted by atomic mass is 10.3. The summed E-state index contributed by atoms with van der Waals surface area (Å²) in [4.78, 5) is 10.1. The van der Waals surface area contributed by atoms with Crippen molar-refractivity contribution in [2.24, 2.45) is 4.99 Å². The molecule has 144 valence electrons. The third-order valence-electron chi connectivity index (χ3n) is 3.82. The standard InChI is InChI=1S/C15H24F3N5S.HI/c1-3-13-21-12(9-24-13)4-6-20-14(19-2)22-11-5-7-23(8-11)10-15(16,17)18;/h9,11H,3-8,10H2,1-2H3,(H2,19,20,22);1H. The van der Waals surface area contributed by atoms with Crippen molar-refractivity contribution < 1.29 is 13.2 Å². The number of likely N-dealkylation sites (tertiary alicyclic amines) is 1. The van der Waals surface area contributed by atoms with Crippen molar-refractivity contribution in [3.05, 3.63) is 16.1 Å². The predicted octanol–water partition coefficient (Wildman–Crippen LogP) is 2.67. The van der Waals surface area contributed by atoms with Gasteiger partial charge in [-0.05, 0) is 12.8 Å². The molecule has 1 atom stereocenters. The van der Waals surface area contributed by atoms with Gasteiger partial charge in [0.05, 0.1) is 17.2 Å². The number of aromatic nitrogens is 1. The van der Waals surface area contributed by atoms with Crippen LogP contribution in [0, 0.1) is 0 Å². The van der Waals surface area contributed by atoms with Crippen molar-refractivity contribution in [2.75, 3.05) is 33.2 Å². The van der Waals surface area contributed by atoms with Crippen LogP contribution in [0.3, 0.4) is 0 Å². The molecule has 1 unspecified atom stereocenters. The molecule has 1 aromatic heterocycles. The number of nitrogens with zero attached hydrogens (tertiary/aromatic N) is 3. The summed E-state index contributed by atoms with van der Waals surface area (Å²) in [5.41, 5.74) is 1.05. The fourth-order valence-corrected chi connectivity index (χ4v) is 3.45. The Bertz CT molecular complexity index is 550. The second-order valence-corrected chi connectivity index (χ2v) is 6.76. The average Bonchev–Trinajstić information content (AvgIpc) is 3.14. The van der Waals surface area contributed by atoms with Gasteiger partial charge in [-0.1, -0.05) is 6.92 Å². The van der Waals surface area contributed by atoms with Gasteiger partial charge in [-0.25, -0.2) is 4.98 Å². The molecule has 1 aliphatic rings. The molecular weight excluding hydrogens is 466 g/mol. The van der Waals surface area contributed by atoms with Gasteiger partial charge < -0.3 is 10.6 Å². The van der Waals surface area contributed by atoms with E-state index in [9.17, 15) is 13.2 Å². The lowest BCUT2D eigenvalue weighted by molar-refractivity contribution is -0.143. The lowest BCUT2D eigenvalue weighted by Crippen LogP contribution is -2.45. The number of thiazole rings is 1. The molecule has 0 amide bonds. The molecule has 0 radical (unpaired) electrons. The molecule has 0 spiro atoms. The number of hydrogen-bond donors (Lipinski definition) is 2. The number of aliphatic imine (C=N–C) groups is 1. The highest BCUT2D eigenvalue weighted by Gasteiger charge is 2.34. The predicted molar refractivity (Wildman–Crippen MR) is 106 cm³/mol. The van der Waals surface area contributed by atoms with Crippen LogP contribution >= 0.6 is 35.3 Å². The number of alkyl halides is 3. The van der Waals surface area contributed by atoms with Crippen LogP contribution in [0.4, 0.5) is 13.2 Å². The molecule has 0 saturated carbocycles. The Balaban J connectivity index is 0.00000312. The van der Waals surface area contributed by atoms with Gasteiger partial charge in [0.15, 0.2) is 5.96 Å². The van der Waals surface area contributed by atoms with E-state index in [1.807, 2.05) is 0 Å². The van der Waals surface area contributed by atoms with Gasteiger partial charge in [0.1, 0.15) is 0 Å². The summed E-state index contributed by atoms with van der Waals surface area (Å²) in [7, 11) is 1.66. The first-order chi connectivity index (χ1) is 11.4. The number of aryl methyl sites for hydroxylation is 1. The summed E-state index contributed by atoms with van der Waals surface area (Å²) in [6.45, 7) is 2.75.